The van der Waals surface area contributed by atoms with Crippen molar-refractivity contribution in [2.45, 2.75) is 17.4 Å². The number of halogens is 1. The Morgan fingerprint density at radius 1 is 1.33 bits per heavy atom. The lowest BCUT2D eigenvalue weighted by molar-refractivity contribution is -0.139. The topological polar surface area (TPSA) is 104 Å². The van der Waals surface area contributed by atoms with E-state index in [0.29, 0.717) is 0 Å². The third-order valence-electron chi connectivity index (χ3n) is 2.14. The number of carboxylic acid groups (broad SMARTS) is 1. The van der Waals surface area contributed by atoms with Crippen LogP contribution in [0.25, 0.3) is 0 Å². The first kappa shape index (κ1) is 15.3. The van der Waals surface area contributed by atoms with Gasteiger partial charge < -0.3 is 10.2 Å². The summed E-state index contributed by atoms with van der Waals surface area (Å²) in [4.78, 5) is 10.8. The van der Waals surface area contributed by atoms with Crippen molar-refractivity contribution >= 4 is 38.6 Å². The van der Waals surface area contributed by atoms with Gasteiger partial charge in [0, 0.05) is 10.2 Å². The Balaban J connectivity index is 2.93. The van der Waals surface area contributed by atoms with E-state index in [-0.39, 0.29) is 11.3 Å². The van der Waals surface area contributed by atoms with Crippen LogP contribution in [-0.4, -0.2) is 37.2 Å². The van der Waals surface area contributed by atoms with Gasteiger partial charge in [-0.2, -0.15) is 4.72 Å². The number of nitrogens with one attached hydrogen (secondary N) is 1. The Bertz CT molecular complexity index is 514. The van der Waals surface area contributed by atoms with Crippen molar-refractivity contribution in [3.63, 3.8) is 0 Å². The third kappa shape index (κ3) is 4.19. The van der Waals surface area contributed by atoms with Crippen molar-refractivity contribution < 1.29 is 23.4 Å². The van der Waals surface area contributed by atoms with Gasteiger partial charge in [0.2, 0.25) is 10.0 Å². The molecule has 0 aliphatic heterocycles. The SMILES string of the molecule is O=C(O)[C@@H](CCO)NS(=O)(=O)c1ccc(I)cc1. The van der Waals surface area contributed by atoms with E-state index in [1.807, 2.05) is 27.3 Å². The van der Waals surface area contributed by atoms with Crippen molar-refractivity contribution in [2.75, 3.05) is 6.61 Å². The maximum Gasteiger partial charge on any atom is 0.321 e. The normalized spacial score (nSPS) is 13.2. The van der Waals surface area contributed by atoms with Crippen LogP contribution in [0, 0.1) is 3.57 Å². The first-order valence-corrected chi connectivity index (χ1v) is 7.54. The molecule has 100 valence electrons. The van der Waals surface area contributed by atoms with E-state index >= 15 is 0 Å². The third-order valence-corrected chi connectivity index (χ3v) is 4.34. The number of aliphatic hydroxyl groups excluding tert-OH is 1. The maximum absolute atomic E-state index is 11.9. The molecule has 1 aromatic carbocycles. The average Bonchev–Trinajstić information content (AvgIpc) is 2.28. The minimum atomic E-state index is -3.89. The van der Waals surface area contributed by atoms with Gasteiger partial charge in [-0.1, -0.05) is 0 Å². The Labute approximate surface area is 118 Å². The largest absolute Gasteiger partial charge is 0.480 e. The van der Waals surface area contributed by atoms with Crippen LogP contribution in [-0.2, 0) is 14.8 Å². The molecule has 0 heterocycles. The summed E-state index contributed by atoms with van der Waals surface area (Å²) in [7, 11) is -3.89. The molecular weight excluding hydrogens is 373 g/mol. The molecular formula is C10H12INO5S. The molecule has 1 aromatic rings. The van der Waals surface area contributed by atoms with Crippen molar-refractivity contribution in [1.29, 1.82) is 0 Å². The summed E-state index contributed by atoms with van der Waals surface area (Å²) < 4.78 is 26.7. The first-order valence-electron chi connectivity index (χ1n) is 4.98. The first-order chi connectivity index (χ1) is 8.36. The molecule has 0 fully saturated rings. The Hall–Kier alpha value is -0.710. The highest BCUT2D eigenvalue weighted by Gasteiger charge is 2.24. The second-order valence-corrected chi connectivity index (χ2v) is 6.44. The van der Waals surface area contributed by atoms with Crippen LogP contribution >= 0.6 is 22.6 Å². The molecule has 0 aliphatic carbocycles. The van der Waals surface area contributed by atoms with Gasteiger partial charge in [-0.15, -0.1) is 0 Å². The van der Waals surface area contributed by atoms with Crippen LogP contribution in [0.1, 0.15) is 6.42 Å². The fourth-order valence-electron chi connectivity index (χ4n) is 1.23. The highest BCUT2D eigenvalue weighted by molar-refractivity contribution is 14.1. The molecule has 0 aliphatic rings. The minimum absolute atomic E-state index is 0.00731. The zero-order valence-electron chi connectivity index (χ0n) is 9.21. The fourth-order valence-corrected chi connectivity index (χ4v) is 2.81. The molecule has 0 unspecified atom stereocenters. The van der Waals surface area contributed by atoms with Gasteiger partial charge in [-0.25, -0.2) is 8.42 Å². The van der Waals surface area contributed by atoms with Crippen molar-refractivity contribution in [3.05, 3.63) is 27.8 Å². The number of hydrogen-bond donors (Lipinski definition) is 3. The van der Waals surface area contributed by atoms with E-state index in [0.717, 1.165) is 3.57 Å². The molecule has 1 atom stereocenters. The van der Waals surface area contributed by atoms with Crippen LogP contribution < -0.4 is 4.72 Å². The lowest BCUT2D eigenvalue weighted by Crippen LogP contribution is -2.41. The molecule has 8 heteroatoms. The van der Waals surface area contributed by atoms with Gasteiger partial charge in [0.15, 0.2) is 0 Å². The Kier molecular flexibility index (Phi) is 5.50. The van der Waals surface area contributed by atoms with Crippen LogP contribution in [0.3, 0.4) is 0 Å². The summed E-state index contributed by atoms with van der Waals surface area (Å²) in [6, 6.07) is 4.66. The quantitative estimate of drug-likeness (QED) is 0.616. The summed E-state index contributed by atoms with van der Waals surface area (Å²) in [6.45, 7) is -0.411. The Morgan fingerprint density at radius 3 is 2.33 bits per heavy atom. The van der Waals surface area contributed by atoms with Gasteiger partial charge >= 0.3 is 5.97 Å². The number of aliphatic carboxylic acids is 1. The smallest absolute Gasteiger partial charge is 0.321 e. The molecule has 3 N–H and O–H groups in total. The molecule has 0 spiro atoms. The lowest BCUT2D eigenvalue weighted by atomic mass is 10.2. The van der Waals surface area contributed by atoms with Gasteiger partial charge in [0.05, 0.1) is 4.90 Å². The standard InChI is InChI=1S/C10H12INO5S/c11-7-1-3-8(4-2-7)18(16,17)12-9(5-6-13)10(14)15/h1-4,9,12-13H,5-6H2,(H,14,15)/t9-/m1/s1. The molecule has 0 bridgehead atoms. The number of aliphatic hydroxyl groups is 1. The van der Waals surface area contributed by atoms with E-state index in [2.05, 4.69) is 0 Å². The second kappa shape index (κ2) is 6.45. The number of carbonyl (C=O) groups is 1. The Morgan fingerprint density at radius 2 is 1.89 bits per heavy atom. The van der Waals surface area contributed by atoms with Crippen LogP contribution in [0.5, 0.6) is 0 Å². The summed E-state index contributed by atoms with van der Waals surface area (Å²) in [5.41, 5.74) is 0. The van der Waals surface area contributed by atoms with Crippen LogP contribution in [0.4, 0.5) is 0 Å². The lowest BCUT2D eigenvalue weighted by Gasteiger charge is -2.13. The summed E-state index contributed by atoms with van der Waals surface area (Å²) in [5.74, 6) is -1.32. The van der Waals surface area contributed by atoms with E-state index < -0.39 is 28.6 Å². The second-order valence-electron chi connectivity index (χ2n) is 3.48. The van der Waals surface area contributed by atoms with Crippen LogP contribution in [0.15, 0.2) is 29.2 Å². The fraction of sp³-hybridized carbons (Fsp3) is 0.300. The number of sulfonamides is 1. The molecule has 0 saturated heterocycles. The number of benzene rings is 1. The maximum atomic E-state index is 11.9. The van der Waals surface area contributed by atoms with Gasteiger partial charge in [0.1, 0.15) is 6.04 Å². The molecule has 0 aromatic heterocycles. The van der Waals surface area contributed by atoms with Crippen molar-refractivity contribution in [1.82, 2.24) is 4.72 Å². The number of hydrogen-bond acceptors (Lipinski definition) is 4. The highest BCUT2D eigenvalue weighted by Crippen LogP contribution is 2.12. The molecule has 0 radical (unpaired) electrons. The number of rotatable bonds is 6. The van der Waals surface area contributed by atoms with Crippen molar-refractivity contribution in [2.24, 2.45) is 0 Å². The summed E-state index contributed by atoms with van der Waals surface area (Å²) >= 11 is 2.03. The predicted octanol–water partition coefficient (Wildman–Crippen LogP) is 0.405. The highest BCUT2D eigenvalue weighted by atomic mass is 127. The van der Waals surface area contributed by atoms with Gasteiger partial charge in [0.25, 0.3) is 0 Å². The summed E-state index contributed by atoms with van der Waals surface area (Å²) in [6.07, 6.45) is -0.182. The van der Waals surface area contributed by atoms with E-state index in [9.17, 15) is 13.2 Å². The zero-order chi connectivity index (χ0) is 13.8. The predicted molar refractivity (Wildman–Crippen MR) is 72.6 cm³/mol. The minimum Gasteiger partial charge on any atom is -0.480 e. The van der Waals surface area contributed by atoms with Crippen molar-refractivity contribution in [3.8, 4) is 0 Å². The zero-order valence-corrected chi connectivity index (χ0v) is 12.2. The average molecular weight is 385 g/mol. The molecule has 0 saturated carbocycles. The molecule has 1 rings (SSSR count). The van der Waals surface area contributed by atoms with Gasteiger partial charge in [-0.05, 0) is 53.3 Å². The molecule has 6 nitrogen and oxygen atoms in total. The summed E-state index contributed by atoms with van der Waals surface area (Å²) in [5, 5.41) is 17.5. The van der Waals surface area contributed by atoms with E-state index in [4.69, 9.17) is 10.2 Å². The monoisotopic (exact) mass is 385 g/mol. The molecule has 0 amide bonds. The van der Waals surface area contributed by atoms with E-state index in [1.165, 1.54) is 12.1 Å². The van der Waals surface area contributed by atoms with Gasteiger partial charge in [-0.3, -0.25) is 4.79 Å². The molecule has 18 heavy (non-hydrogen) atoms. The van der Waals surface area contributed by atoms with Crippen LogP contribution in [0.2, 0.25) is 0 Å². The van der Waals surface area contributed by atoms with E-state index in [1.54, 1.807) is 12.1 Å². The number of carboxylic acids is 1.